The predicted octanol–water partition coefficient (Wildman–Crippen LogP) is 0.515. The highest BCUT2D eigenvalue weighted by molar-refractivity contribution is 5.68. The Morgan fingerprint density at radius 1 is 1.29 bits per heavy atom. The zero-order valence-electron chi connectivity index (χ0n) is 7.59. The first kappa shape index (κ1) is 10.4. The Hall–Kier alpha value is -1.72. The van der Waals surface area contributed by atoms with Gasteiger partial charge in [0, 0.05) is 19.6 Å². The van der Waals surface area contributed by atoms with E-state index in [0.29, 0.717) is 0 Å². The van der Waals surface area contributed by atoms with Crippen LogP contribution in [0.25, 0.3) is 0 Å². The third kappa shape index (κ3) is 1.95. The lowest BCUT2D eigenvalue weighted by Gasteiger charge is -2.37. The van der Waals surface area contributed by atoms with Crippen molar-refractivity contribution < 1.29 is 19.8 Å². The highest BCUT2D eigenvalue weighted by atomic mass is 16.4. The summed E-state index contributed by atoms with van der Waals surface area (Å²) in [6.07, 6.45) is -0.620. The van der Waals surface area contributed by atoms with Gasteiger partial charge in [-0.1, -0.05) is 6.08 Å². The van der Waals surface area contributed by atoms with E-state index >= 15 is 0 Å². The monoisotopic (exact) mass is 200 g/mol. The molecule has 1 heterocycles. The van der Waals surface area contributed by atoms with E-state index in [2.05, 4.69) is 6.58 Å². The Morgan fingerprint density at radius 3 is 2.36 bits per heavy atom. The molecule has 0 bridgehead atoms. The molecule has 0 aromatic rings. The smallest absolute Gasteiger partial charge is 0.407 e. The first-order valence-corrected chi connectivity index (χ1v) is 4.16. The summed E-state index contributed by atoms with van der Waals surface area (Å²) in [5, 5.41) is 17.5. The molecule has 2 N–H and O–H groups in total. The summed E-state index contributed by atoms with van der Waals surface area (Å²) in [6.45, 7) is 4.05. The number of amides is 2. The lowest BCUT2D eigenvalue weighted by Crippen LogP contribution is -2.55. The van der Waals surface area contributed by atoms with Crippen LogP contribution in [-0.2, 0) is 0 Å². The average Bonchev–Trinajstić information content (AvgIpc) is 2.16. The Morgan fingerprint density at radius 2 is 1.93 bits per heavy atom. The number of carbonyl (C=O) groups is 2. The molecule has 1 rings (SSSR count). The van der Waals surface area contributed by atoms with Crippen LogP contribution in [0.1, 0.15) is 0 Å². The highest BCUT2D eigenvalue weighted by Gasteiger charge is 2.30. The molecule has 1 aliphatic rings. The number of carboxylic acid groups (broad SMARTS) is 2. The summed E-state index contributed by atoms with van der Waals surface area (Å²) in [5.41, 5.74) is 0. The van der Waals surface area contributed by atoms with Crippen molar-refractivity contribution in [2.75, 3.05) is 19.6 Å². The minimum absolute atomic E-state index is 0.158. The van der Waals surface area contributed by atoms with Crippen molar-refractivity contribution in [2.45, 2.75) is 6.04 Å². The topological polar surface area (TPSA) is 81.1 Å². The van der Waals surface area contributed by atoms with Gasteiger partial charge in [0.2, 0.25) is 0 Å². The molecule has 6 nitrogen and oxygen atoms in total. The normalized spacial score (nSPS) is 21.9. The van der Waals surface area contributed by atoms with Crippen molar-refractivity contribution in [3.05, 3.63) is 12.7 Å². The number of piperazine rings is 1. The first-order chi connectivity index (χ1) is 6.56. The second-order valence-electron chi connectivity index (χ2n) is 3.01. The van der Waals surface area contributed by atoms with Gasteiger partial charge in [-0.2, -0.15) is 0 Å². The molecule has 0 aromatic heterocycles. The van der Waals surface area contributed by atoms with Gasteiger partial charge in [0.25, 0.3) is 0 Å². The van der Waals surface area contributed by atoms with Crippen LogP contribution in [0.2, 0.25) is 0 Å². The molecular formula is C8H12N2O4. The lowest BCUT2D eigenvalue weighted by molar-refractivity contribution is 0.0768. The van der Waals surface area contributed by atoms with Gasteiger partial charge in [0.05, 0.1) is 6.04 Å². The Labute approximate surface area is 81.0 Å². The maximum absolute atomic E-state index is 10.7. The Kier molecular flexibility index (Phi) is 2.95. The minimum Gasteiger partial charge on any atom is -0.465 e. The van der Waals surface area contributed by atoms with Gasteiger partial charge in [-0.15, -0.1) is 6.58 Å². The van der Waals surface area contributed by atoms with E-state index in [9.17, 15) is 9.59 Å². The number of rotatable bonds is 1. The molecule has 6 heteroatoms. The zero-order chi connectivity index (χ0) is 10.7. The van der Waals surface area contributed by atoms with E-state index in [4.69, 9.17) is 10.2 Å². The van der Waals surface area contributed by atoms with Crippen LogP contribution in [-0.4, -0.2) is 57.9 Å². The largest absolute Gasteiger partial charge is 0.465 e. The minimum atomic E-state index is -1.04. The molecule has 0 saturated carbocycles. The van der Waals surface area contributed by atoms with Crippen LogP contribution in [0.3, 0.4) is 0 Å². The average molecular weight is 200 g/mol. The van der Waals surface area contributed by atoms with Crippen molar-refractivity contribution >= 4 is 12.2 Å². The maximum atomic E-state index is 10.7. The highest BCUT2D eigenvalue weighted by Crippen LogP contribution is 2.10. The molecule has 1 saturated heterocycles. The molecule has 0 radical (unpaired) electrons. The summed E-state index contributed by atoms with van der Waals surface area (Å²) in [7, 11) is 0. The van der Waals surface area contributed by atoms with Crippen LogP contribution in [0.4, 0.5) is 9.59 Å². The Bertz CT molecular complexity index is 266. The molecule has 1 fully saturated rings. The van der Waals surface area contributed by atoms with Gasteiger partial charge in [-0.25, -0.2) is 9.59 Å². The van der Waals surface area contributed by atoms with E-state index < -0.39 is 18.2 Å². The summed E-state index contributed by atoms with van der Waals surface area (Å²) in [4.78, 5) is 23.7. The van der Waals surface area contributed by atoms with Gasteiger partial charge in [-0.05, 0) is 0 Å². The van der Waals surface area contributed by atoms with E-state index in [-0.39, 0.29) is 19.6 Å². The van der Waals surface area contributed by atoms with E-state index in [1.54, 1.807) is 0 Å². The molecule has 14 heavy (non-hydrogen) atoms. The molecule has 1 unspecified atom stereocenters. The molecule has 0 spiro atoms. The van der Waals surface area contributed by atoms with Crippen molar-refractivity contribution in [3.63, 3.8) is 0 Å². The van der Waals surface area contributed by atoms with Gasteiger partial charge in [0.15, 0.2) is 0 Å². The number of hydrogen-bond donors (Lipinski definition) is 2. The van der Waals surface area contributed by atoms with Gasteiger partial charge in [0.1, 0.15) is 0 Å². The lowest BCUT2D eigenvalue weighted by atomic mass is 10.2. The van der Waals surface area contributed by atoms with Gasteiger partial charge in [-0.3, -0.25) is 4.90 Å². The summed E-state index contributed by atoms with van der Waals surface area (Å²) >= 11 is 0. The van der Waals surface area contributed by atoms with Crippen LogP contribution < -0.4 is 0 Å². The molecule has 1 aliphatic heterocycles. The van der Waals surface area contributed by atoms with Crippen molar-refractivity contribution in [3.8, 4) is 0 Å². The summed E-state index contributed by atoms with van der Waals surface area (Å²) in [6, 6.07) is -0.447. The van der Waals surface area contributed by atoms with Crippen molar-refractivity contribution in [2.24, 2.45) is 0 Å². The van der Waals surface area contributed by atoms with Crippen LogP contribution >= 0.6 is 0 Å². The third-order valence-corrected chi connectivity index (χ3v) is 2.21. The van der Waals surface area contributed by atoms with Gasteiger partial charge < -0.3 is 15.1 Å². The fourth-order valence-corrected chi connectivity index (χ4v) is 1.42. The second-order valence-corrected chi connectivity index (χ2v) is 3.01. The van der Waals surface area contributed by atoms with Crippen molar-refractivity contribution in [1.82, 2.24) is 9.80 Å². The SMILES string of the molecule is C=CC1CN(C(=O)O)CCN1C(=O)O. The summed E-state index contributed by atoms with van der Waals surface area (Å²) < 4.78 is 0. The van der Waals surface area contributed by atoms with Crippen LogP contribution in [0.5, 0.6) is 0 Å². The van der Waals surface area contributed by atoms with Gasteiger partial charge >= 0.3 is 12.2 Å². The summed E-state index contributed by atoms with van der Waals surface area (Å²) in [5.74, 6) is 0. The second kappa shape index (κ2) is 3.99. The first-order valence-electron chi connectivity index (χ1n) is 4.16. The maximum Gasteiger partial charge on any atom is 0.407 e. The van der Waals surface area contributed by atoms with E-state index in [1.165, 1.54) is 15.9 Å². The molecule has 1 atom stereocenters. The zero-order valence-corrected chi connectivity index (χ0v) is 7.59. The standard InChI is InChI=1S/C8H12N2O4/c1-2-6-5-9(7(11)12)3-4-10(6)8(13)14/h2,6H,1,3-5H2,(H,11,12)(H,13,14). The van der Waals surface area contributed by atoms with E-state index in [1.807, 2.05) is 0 Å². The third-order valence-electron chi connectivity index (χ3n) is 2.21. The number of hydrogen-bond acceptors (Lipinski definition) is 2. The molecule has 2 amide bonds. The van der Waals surface area contributed by atoms with Crippen LogP contribution in [0, 0.1) is 0 Å². The molecule has 78 valence electrons. The van der Waals surface area contributed by atoms with Crippen LogP contribution in [0.15, 0.2) is 12.7 Å². The quantitative estimate of drug-likeness (QED) is 0.604. The fourth-order valence-electron chi connectivity index (χ4n) is 1.42. The predicted molar refractivity (Wildman–Crippen MR) is 48.3 cm³/mol. The van der Waals surface area contributed by atoms with Crippen molar-refractivity contribution in [1.29, 1.82) is 0 Å². The fraction of sp³-hybridized carbons (Fsp3) is 0.500. The van der Waals surface area contributed by atoms with E-state index in [0.717, 1.165) is 0 Å². The molecule has 0 aromatic carbocycles. The molecular weight excluding hydrogens is 188 g/mol. The Balaban J connectivity index is 2.68. The molecule has 0 aliphatic carbocycles. The number of nitrogens with zero attached hydrogens (tertiary/aromatic N) is 2.